The second-order valence-corrected chi connectivity index (χ2v) is 3.19. The lowest BCUT2D eigenvalue weighted by atomic mass is 10.6. The van der Waals surface area contributed by atoms with Crippen LogP contribution in [0.2, 0.25) is 0 Å². The van der Waals surface area contributed by atoms with Crippen molar-refractivity contribution in [2.24, 2.45) is 0 Å². The Morgan fingerprint density at radius 1 is 1.50 bits per heavy atom. The minimum atomic E-state index is -4.30. The van der Waals surface area contributed by atoms with Gasteiger partial charge in [-0.15, -0.1) is 28.3 Å². The van der Waals surface area contributed by atoms with E-state index in [4.69, 9.17) is 0 Å². The molecule has 0 atom stereocenters. The second kappa shape index (κ2) is 4.57. The molecule has 0 fully saturated rings. The molecule has 0 aromatic carbocycles. The molecule has 1 aromatic rings. The Kier molecular flexibility index (Phi) is 4.71. The largest absolute Gasteiger partial charge is 0.443 e. The van der Waals surface area contributed by atoms with Gasteiger partial charge in [0.2, 0.25) is 0 Å². The van der Waals surface area contributed by atoms with Crippen molar-refractivity contribution >= 4 is 44.2 Å². The molecule has 0 bridgehead atoms. The summed E-state index contributed by atoms with van der Waals surface area (Å²) in [4.78, 5) is 3.35. The lowest BCUT2D eigenvalue weighted by molar-refractivity contribution is -0.137. The minimum absolute atomic E-state index is 0. The lowest BCUT2D eigenvalue weighted by Gasteiger charge is -1.98. The number of aromatic nitrogens is 1. The Bertz CT molecular complexity index is 247. The molecule has 0 aliphatic rings. The Balaban J connectivity index is 0.00000121. The summed E-state index contributed by atoms with van der Waals surface area (Å²) >= 11 is 3.63. The van der Waals surface area contributed by atoms with Gasteiger partial charge < -0.3 is 0 Å². The molecule has 0 saturated carbocycles. The standard InChI is InChI=1S/C5H3BrF3NS.BrH/c6-1-3-2-11-4(10-3)5(7,8)9;/h2H,1H2;1H. The molecule has 0 saturated heterocycles. The first-order valence-electron chi connectivity index (χ1n) is 2.61. The highest BCUT2D eigenvalue weighted by Gasteiger charge is 2.34. The number of hydrogen-bond donors (Lipinski definition) is 0. The summed E-state index contributed by atoms with van der Waals surface area (Å²) in [5.41, 5.74) is 0.419. The van der Waals surface area contributed by atoms with Crippen LogP contribution in [0.15, 0.2) is 5.38 Å². The van der Waals surface area contributed by atoms with Crippen LogP contribution in [0.25, 0.3) is 0 Å². The first kappa shape index (κ1) is 12.4. The van der Waals surface area contributed by atoms with E-state index in [0.29, 0.717) is 22.4 Å². The quantitative estimate of drug-likeness (QED) is 0.718. The van der Waals surface area contributed by atoms with Gasteiger partial charge in [-0.2, -0.15) is 13.2 Å². The van der Waals surface area contributed by atoms with Crippen LogP contribution < -0.4 is 0 Å². The molecule has 1 rings (SSSR count). The van der Waals surface area contributed by atoms with Crippen molar-refractivity contribution in [1.82, 2.24) is 4.98 Å². The van der Waals surface area contributed by atoms with Crippen LogP contribution in [0.5, 0.6) is 0 Å². The Hall–Kier alpha value is 0.380. The van der Waals surface area contributed by atoms with E-state index in [2.05, 4.69) is 20.9 Å². The third kappa shape index (κ3) is 3.02. The Morgan fingerprint density at radius 2 is 2.08 bits per heavy atom. The molecule has 0 radical (unpaired) electrons. The highest BCUT2D eigenvalue weighted by molar-refractivity contribution is 9.08. The average Bonchev–Trinajstić information content (AvgIpc) is 2.32. The molecule has 0 unspecified atom stereocenters. The van der Waals surface area contributed by atoms with Crippen molar-refractivity contribution < 1.29 is 13.2 Å². The topological polar surface area (TPSA) is 12.9 Å². The number of thiazole rings is 1. The van der Waals surface area contributed by atoms with E-state index in [9.17, 15) is 13.2 Å². The molecular formula is C5H4Br2F3NS. The molecule has 0 N–H and O–H groups in total. The summed E-state index contributed by atoms with van der Waals surface area (Å²) in [5, 5.41) is 0.962. The highest BCUT2D eigenvalue weighted by atomic mass is 79.9. The summed E-state index contributed by atoms with van der Waals surface area (Å²) in [6.07, 6.45) is -4.30. The van der Waals surface area contributed by atoms with E-state index >= 15 is 0 Å². The summed E-state index contributed by atoms with van der Waals surface area (Å²) < 4.78 is 35.6. The lowest BCUT2D eigenvalue weighted by Crippen LogP contribution is -2.03. The maximum absolute atomic E-state index is 11.9. The predicted octanol–water partition coefficient (Wildman–Crippen LogP) is 3.63. The molecule has 1 aromatic heterocycles. The average molecular weight is 327 g/mol. The summed E-state index contributed by atoms with van der Waals surface area (Å²) in [7, 11) is 0. The predicted molar refractivity (Wildman–Crippen MR) is 50.1 cm³/mol. The first-order valence-corrected chi connectivity index (χ1v) is 4.61. The molecule has 0 aliphatic carbocycles. The molecule has 7 heteroatoms. The van der Waals surface area contributed by atoms with E-state index in [1.54, 1.807) is 0 Å². The number of rotatable bonds is 1. The monoisotopic (exact) mass is 325 g/mol. The number of hydrogen-bond acceptors (Lipinski definition) is 2. The van der Waals surface area contributed by atoms with Gasteiger partial charge in [-0.1, -0.05) is 15.9 Å². The van der Waals surface area contributed by atoms with E-state index in [-0.39, 0.29) is 17.0 Å². The van der Waals surface area contributed by atoms with E-state index in [0.717, 1.165) is 0 Å². The van der Waals surface area contributed by atoms with Crippen LogP contribution in [-0.4, -0.2) is 4.98 Å². The van der Waals surface area contributed by atoms with Gasteiger partial charge in [-0.25, -0.2) is 4.98 Å². The van der Waals surface area contributed by atoms with Gasteiger partial charge in [0, 0.05) is 10.7 Å². The van der Waals surface area contributed by atoms with Crippen molar-refractivity contribution in [3.63, 3.8) is 0 Å². The third-order valence-corrected chi connectivity index (χ3v) is 2.44. The molecule has 0 aliphatic heterocycles. The van der Waals surface area contributed by atoms with Gasteiger partial charge in [0.1, 0.15) is 0 Å². The molecule has 0 spiro atoms. The number of nitrogens with zero attached hydrogens (tertiary/aromatic N) is 1. The Labute approximate surface area is 89.9 Å². The number of halogens is 5. The number of alkyl halides is 4. The zero-order valence-corrected chi connectivity index (χ0v) is 9.68. The van der Waals surface area contributed by atoms with Gasteiger partial charge in [-0.05, 0) is 0 Å². The third-order valence-electron chi connectivity index (χ3n) is 0.931. The van der Waals surface area contributed by atoms with Crippen molar-refractivity contribution in [3.05, 3.63) is 16.1 Å². The van der Waals surface area contributed by atoms with E-state index in [1.165, 1.54) is 5.38 Å². The van der Waals surface area contributed by atoms with Crippen molar-refractivity contribution in [3.8, 4) is 0 Å². The smallest absolute Gasteiger partial charge is 0.236 e. The fourth-order valence-electron chi connectivity index (χ4n) is 0.499. The Morgan fingerprint density at radius 3 is 2.33 bits per heavy atom. The molecule has 1 nitrogen and oxygen atoms in total. The first-order chi connectivity index (χ1) is 5.04. The molecule has 0 amide bonds. The van der Waals surface area contributed by atoms with Gasteiger partial charge in [0.05, 0.1) is 5.69 Å². The van der Waals surface area contributed by atoms with Gasteiger partial charge >= 0.3 is 6.18 Å². The zero-order valence-electron chi connectivity index (χ0n) is 5.56. The summed E-state index contributed by atoms with van der Waals surface area (Å²) in [6, 6.07) is 0. The van der Waals surface area contributed by atoms with Crippen LogP contribution in [0.3, 0.4) is 0 Å². The van der Waals surface area contributed by atoms with Gasteiger partial charge in [-0.3, -0.25) is 0 Å². The molecule has 1 heterocycles. The van der Waals surface area contributed by atoms with E-state index in [1.807, 2.05) is 0 Å². The molecule has 12 heavy (non-hydrogen) atoms. The van der Waals surface area contributed by atoms with Crippen LogP contribution in [0.1, 0.15) is 10.7 Å². The van der Waals surface area contributed by atoms with Crippen LogP contribution in [-0.2, 0) is 11.5 Å². The SMILES string of the molecule is Br.FC(F)(F)c1nc(CBr)cs1. The van der Waals surface area contributed by atoms with Gasteiger partial charge in [0.25, 0.3) is 0 Å². The fourth-order valence-corrected chi connectivity index (χ4v) is 1.69. The second-order valence-electron chi connectivity index (χ2n) is 1.78. The van der Waals surface area contributed by atoms with Crippen LogP contribution >= 0.6 is 44.2 Å². The van der Waals surface area contributed by atoms with Gasteiger partial charge in [0.15, 0.2) is 5.01 Å². The summed E-state index contributed by atoms with van der Waals surface area (Å²) in [5.74, 6) is 0. The van der Waals surface area contributed by atoms with Crippen molar-refractivity contribution in [2.45, 2.75) is 11.5 Å². The maximum Gasteiger partial charge on any atom is 0.443 e. The van der Waals surface area contributed by atoms with Crippen LogP contribution in [0, 0.1) is 0 Å². The van der Waals surface area contributed by atoms with Crippen LogP contribution in [0.4, 0.5) is 13.2 Å². The van der Waals surface area contributed by atoms with Crippen molar-refractivity contribution in [1.29, 1.82) is 0 Å². The summed E-state index contributed by atoms with van der Waals surface area (Å²) in [6.45, 7) is 0. The maximum atomic E-state index is 11.9. The molecular weight excluding hydrogens is 323 g/mol. The normalized spacial score (nSPS) is 11.0. The minimum Gasteiger partial charge on any atom is -0.236 e. The highest BCUT2D eigenvalue weighted by Crippen LogP contribution is 2.31. The van der Waals surface area contributed by atoms with E-state index < -0.39 is 11.2 Å². The molecule has 70 valence electrons. The fraction of sp³-hybridized carbons (Fsp3) is 0.400. The van der Waals surface area contributed by atoms with Crippen molar-refractivity contribution in [2.75, 3.05) is 0 Å². The zero-order chi connectivity index (χ0) is 8.48.